The number of likely N-dealkylation sites (tertiary alicyclic amines) is 1. The maximum absolute atomic E-state index is 15.4. The number of fused-ring (bicyclic) bond motifs is 1. The van der Waals surface area contributed by atoms with Gasteiger partial charge in [0, 0.05) is 89.4 Å². The molecule has 0 radical (unpaired) electrons. The largest absolute Gasteiger partial charge is 0.407 e. The average Bonchev–Trinajstić information content (AvgIpc) is 3.52. The summed E-state index contributed by atoms with van der Waals surface area (Å²) in [6.45, 7) is 16.5. The second kappa shape index (κ2) is 18.0. The Hall–Kier alpha value is -6.13. The minimum Gasteiger partial charge on any atom is -0.372 e. The van der Waals surface area contributed by atoms with Crippen LogP contribution in [-0.4, -0.2) is 134 Å². The third kappa shape index (κ3) is 9.23. The van der Waals surface area contributed by atoms with E-state index in [0.717, 1.165) is 87.9 Å². The summed E-state index contributed by atoms with van der Waals surface area (Å²) in [6.07, 6.45) is 0.376. The number of hydrogen-bond donors (Lipinski definition) is 2. The minimum absolute atomic E-state index is 0.0124. The second-order valence-corrected chi connectivity index (χ2v) is 18.1. The normalized spacial score (nSPS) is 21.9. The van der Waals surface area contributed by atoms with Gasteiger partial charge in [0.1, 0.15) is 17.7 Å². The molecule has 5 saturated heterocycles. The lowest BCUT2D eigenvalue weighted by atomic mass is 9.93. The average molecular weight is 899 g/mol. The Bertz CT molecular complexity index is 2400. The van der Waals surface area contributed by atoms with Crippen molar-refractivity contribution in [2.75, 3.05) is 98.6 Å². The first-order chi connectivity index (χ1) is 31.2. The number of piperazine rings is 1. The molecule has 6 aliphatic rings. The molecule has 5 amide bonds. The SMILES string of the molecule is [C-]#[N+]c1ccc(N2CCC(C(=O)Nc3ccc(N4CC(CN5CCC(CN6CCN(c7cc8c(cc7F)C(=O)N(C7CCC(=O)NC7=O)C8=O)CC6)CC5)C4)cn3)CC2)cc1C(F)(F)F. The molecule has 1 atom stereocenters. The first-order valence-corrected chi connectivity index (χ1v) is 22.3. The van der Waals surface area contributed by atoms with Crippen molar-refractivity contribution in [2.24, 2.45) is 17.8 Å². The van der Waals surface area contributed by atoms with Gasteiger partial charge in [-0.05, 0) is 87.5 Å². The Morgan fingerprint density at radius 2 is 1.43 bits per heavy atom. The Labute approximate surface area is 373 Å². The van der Waals surface area contributed by atoms with Crippen molar-refractivity contribution >= 4 is 58.1 Å². The van der Waals surface area contributed by atoms with E-state index in [1.54, 1.807) is 12.3 Å². The van der Waals surface area contributed by atoms with E-state index in [0.29, 0.717) is 62.4 Å². The van der Waals surface area contributed by atoms with Gasteiger partial charge in [-0.2, -0.15) is 13.2 Å². The Morgan fingerprint density at radius 3 is 2.08 bits per heavy atom. The lowest BCUT2D eigenvalue weighted by Gasteiger charge is -2.44. The zero-order valence-electron chi connectivity index (χ0n) is 35.8. The van der Waals surface area contributed by atoms with Gasteiger partial charge in [-0.15, -0.1) is 0 Å². The molecule has 6 aliphatic heterocycles. The number of nitrogens with zero attached hydrogens (tertiary/aromatic N) is 8. The molecular formula is C46H50F4N10O5. The Morgan fingerprint density at radius 1 is 0.769 bits per heavy atom. The van der Waals surface area contributed by atoms with E-state index in [1.807, 2.05) is 15.9 Å². The molecule has 15 nitrogen and oxygen atoms in total. The van der Waals surface area contributed by atoms with E-state index >= 15 is 4.39 Å². The van der Waals surface area contributed by atoms with Gasteiger partial charge in [0.25, 0.3) is 11.8 Å². The number of pyridine rings is 1. The van der Waals surface area contributed by atoms with Crippen LogP contribution in [0.4, 0.5) is 46.1 Å². The van der Waals surface area contributed by atoms with Crippen molar-refractivity contribution < 1.29 is 41.5 Å². The fourth-order valence-electron chi connectivity index (χ4n) is 10.2. The van der Waals surface area contributed by atoms with Crippen molar-refractivity contribution in [2.45, 2.75) is 50.7 Å². The topological polar surface area (TPSA) is 146 Å². The molecule has 2 aromatic carbocycles. The van der Waals surface area contributed by atoms with Gasteiger partial charge in [0.15, 0.2) is 5.69 Å². The number of piperidine rings is 3. The number of nitrogens with one attached hydrogen (secondary N) is 2. The molecule has 0 bridgehead atoms. The number of anilines is 4. The summed E-state index contributed by atoms with van der Waals surface area (Å²) >= 11 is 0. The summed E-state index contributed by atoms with van der Waals surface area (Å²) in [4.78, 5) is 82.9. The van der Waals surface area contributed by atoms with E-state index in [-0.39, 0.29) is 41.5 Å². The maximum atomic E-state index is 15.4. The van der Waals surface area contributed by atoms with Crippen LogP contribution < -0.4 is 25.3 Å². The second-order valence-electron chi connectivity index (χ2n) is 18.1. The van der Waals surface area contributed by atoms with E-state index < -0.39 is 52.9 Å². The molecule has 1 aromatic heterocycles. The van der Waals surface area contributed by atoms with Gasteiger partial charge in [0.2, 0.25) is 17.7 Å². The predicted molar refractivity (Wildman–Crippen MR) is 232 cm³/mol. The van der Waals surface area contributed by atoms with Crippen LogP contribution >= 0.6 is 0 Å². The highest BCUT2D eigenvalue weighted by Gasteiger charge is 2.45. The van der Waals surface area contributed by atoms with E-state index in [9.17, 15) is 37.1 Å². The predicted octanol–water partition coefficient (Wildman–Crippen LogP) is 5.02. The summed E-state index contributed by atoms with van der Waals surface area (Å²) in [5.74, 6) is -2.01. The van der Waals surface area contributed by atoms with Crippen LogP contribution in [0.3, 0.4) is 0 Å². The molecular weight excluding hydrogens is 849 g/mol. The fourth-order valence-corrected chi connectivity index (χ4v) is 10.2. The molecule has 7 heterocycles. The number of carbonyl (C=O) groups excluding carboxylic acids is 5. The van der Waals surface area contributed by atoms with E-state index in [2.05, 4.69) is 35.2 Å². The fraction of sp³-hybridized carbons (Fsp3) is 0.500. The molecule has 0 spiro atoms. The number of imide groups is 2. The Balaban J connectivity index is 0.669. The minimum atomic E-state index is -4.62. The van der Waals surface area contributed by atoms with Crippen molar-refractivity contribution in [3.05, 3.63) is 82.6 Å². The van der Waals surface area contributed by atoms with Crippen LogP contribution in [0, 0.1) is 30.1 Å². The van der Waals surface area contributed by atoms with Crippen molar-refractivity contribution in [1.82, 2.24) is 25.0 Å². The molecule has 19 heteroatoms. The molecule has 0 aliphatic carbocycles. The number of carbonyl (C=O) groups is 5. The highest BCUT2D eigenvalue weighted by molar-refractivity contribution is 6.23. The highest BCUT2D eigenvalue weighted by atomic mass is 19.4. The van der Waals surface area contributed by atoms with Gasteiger partial charge < -0.3 is 24.9 Å². The molecule has 5 fully saturated rings. The summed E-state index contributed by atoms with van der Waals surface area (Å²) in [7, 11) is 0. The van der Waals surface area contributed by atoms with E-state index in [1.165, 1.54) is 18.2 Å². The number of amides is 5. The lowest BCUT2D eigenvalue weighted by molar-refractivity contribution is -0.137. The van der Waals surface area contributed by atoms with Gasteiger partial charge >= 0.3 is 6.18 Å². The first kappa shape index (κ1) is 44.1. The molecule has 1 unspecified atom stereocenters. The number of benzene rings is 2. The summed E-state index contributed by atoms with van der Waals surface area (Å²) in [6, 6.07) is 8.93. The van der Waals surface area contributed by atoms with Crippen LogP contribution in [0.25, 0.3) is 4.85 Å². The van der Waals surface area contributed by atoms with Crippen LogP contribution in [0.15, 0.2) is 48.7 Å². The molecule has 0 saturated carbocycles. The van der Waals surface area contributed by atoms with Crippen LogP contribution in [0.1, 0.15) is 64.8 Å². The van der Waals surface area contributed by atoms with Gasteiger partial charge in [0.05, 0.1) is 40.8 Å². The standard InChI is InChI=1S/C46H50F4N10O5/c1-51-37-4-2-31(20-35(37)46(48,49)50)57-14-10-30(11-15-57)42(62)53-40-6-3-32(23-52-40)59-26-29(27-59)25-55-12-8-28(9-13-55)24-56-16-18-58(19-17-56)39-22-34-33(21-36(39)47)44(64)60(45(34)65)38-5-7-41(61)54-43(38)63/h2-4,6,20-23,28-30,38H,5,7-19,24-27H2,(H,52,53,62)(H,54,61,63). The smallest absolute Gasteiger partial charge is 0.372 e. The zero-order valence-corrected chi connectivity index (χ0v) is 35.8. The molecule has 9 rings (SSSR count). The van der Waals surface area contributed by atoms with Gasteiger partial charge in [-0.3, -0.25) is 39.1 Å². The molecule has 342 valence electrons. The zero-order chi connectivity index (χ0) is 45.6. The number of halogens is 4. The van der Waals surface area contributed by atoms with Gasteiger partial charge in [-0.25, -0.2) is 14.2 Å². The number of aromatic nitrogens is 1. The van der Waals surface area contributed by atoms with Crippen molar-refractivity contribution in [1.29, 1.82) is 0 Å². The monoisotopic (exact) mass is 898 g/mol. The summed E-state index contributed by atoms with van der Waals surface area (Å²) < 4.78 is 55.9. The lowest BCUT2D eigenvalue weighted by Crippen LogP contribution is -2.54. The number of rotatable bonds is 10. The van der Waals surface area contributed by atoms with Crippen LogP contribution in [0.5, 0.6) is 0 Å². The molecule has 3 aromatic rings. The third-order valence-electron chi connectivity index (χ3n) is 13.9. The quantitative estimate of drug-likeness (QED) is 0.161. The summed E-state index contributed by atoms with van der Waals surface area (Å²) in [5.41, 5.74) is 0.279. The third-order valence-corrected chi connectivity index (χ3v) is 13.9. The van der Waals surface area contributed by atoms with Crippen LogP contribution in [-0.2, 0) is 20.6 Å². The number of hydrogen-bond acceptors (Lipinski definition) is 11. The Kier molecular flexibility index (Phi) is 12.2. The van der Waals surface area contributed by atoms with Gasteiger partial charge in [-0.1, -0.05) is 6.07 Å². The van der Waals surface area contributed by atoms with Crippen LogP contribution in [0.2, 0.25) is 0 Å². The molecule has 2 N–H and O–H groups in total. The number of alkyl halides is 3. The maximum Gasteiger partial charge on any atom is 0.407 e. The van der Waals surface area contributed by atoms with Crippen molar-refractivity contribution in [3.8, 4) is 0 Å². The highest BCUT2D eigenvalue weighted by Crippen LogP contribution is 2.40. The van der Waals surface area contributed by atoms with Crippen molar-refractivity contribution in [3.63, 3.8) is 0 Å². The molecule has 65 heavy (non-hydrogen) atoms. The van der Waals surface area contributed by atoms with E-state index in [4.69, 9.17) is 6.57 Å². The summed E-state index contributed by atoms with van der Waals surface area (Å²) in [5, 5.41) is 5.08. The first-order valence-electron chi connectivity index (χ1n) is 22.3.